The van der Waals surface area contributed by atoms with Gasteiger partial charge in [0.2, 0.25) is 0 Å². The predicted octanol–water partition coefficient (Wildman–Crippen LogP) is 0.840. The van der Waals surface area contributed by atoms with Gasteiger partial charge < -0.3 is 15.3 Å². The number of amides is 2. The van der Waals surface area contributed by atoms with Crippen LogP contribution in [0.5, 0.6) is 0 Å². The lowest BCUT2D eigenvalue weighted by Gasteiger charge is -2.14. The van der Waals surface area contributed by atoms with Crippen LogP contribution in [0.15, 0.2) is 24.5 Å². The topological polar surface area (TPSA) is 82.5 Å². The van der Waals surface area contributed by atoms with Gasteiger partial charge in [-0.05, 0) is 18.1 Å². The number of nitrogens with one attached hydrogen (secondary N) is 1. The lowest BCUT2D eigenvalue weighted by Crippen LogP contribution is -2.28. The minimum Gasteiger partial charge on any atom is -0.481 e. The normalized spacial score (nSPS) is 18.8. The number of nitrogens with zero attached hydrogens (tertiary/aromatic N) is 2. The van der Waals surface area contributed by atoms with Crippen LogP contribution < -0.4 is 5.32 Å². The third kappa shape index (κ3) is 3.19. The Kier molecular flexibility index (Phi) is 3.76. The van der Waals surface area contributed by atoms with Crippen molar-refractivity contribution in [1.29, 1.82) is 0 Å². The van der Waals surface area contributed by atoms with Gasteiger partial charge >= 0.3 is 12.0 Å². The fraction of sp³-hybridized carbons (Fsp3) is 0.417. The second-order valence-corrected chi connectivity index (χ2v) is 4.32. The molecule has 1 unspecified atom stereocenters. The summed E-state index contributed by atoms with van der Waals surface area (Å²) in [6, 6.07) is 3.51. The number of hydrogen-bond acceptors (Lipinski definition) is 3. The van der Waals surface area contributed by atoms with E-state index in [2.05, 4.69) is 10.3 Å². The Morgan fingerprint density at radius 2 is 2.44 bits per heavy atom. The molecule has 2 N–H and O–H groups in total. The zero-order valence-electron chi connectivity index (χ0n) is 9.87. The van der Waals surface area contributed by atoms with Gasteiger partial charge in [-0.3, -0.25) is 9.78 Å². The molecule has 2 amide bonds. The lowest BCUT2D eigenvalue weighted by atomic mass is 10.1. The second kappa shape index (κ2) is 5.48. The van der Waals surface area contributed by atoms with Gasteiger partial charge in [0.15, 0.2) is 0 Å². The van der Waals surface area contributed by atoms with E-state index in [0.717, 1.165) is 5.56 Å². The maximum Gasteiger partial charge on any atom is 0.318 e. The van der Waals surface area contributed by atoms with Crippen LogP contribution in [-0.4, -0.2) is 39.6 Å². The summed E-state index contributed by atoms with van der Waals surface area (Å²) in [6.45, 7) is 1.05. The highest BCUT2D eigenvalue weighted by Crippen LogP contribution is 2.12. The molecule has 0 radical (unpaired) electrons. The number of carbonyl (C=O) groups excluding carboxylic acids is 1. The second-order valence-electron chi connectivity index (χ2n) is 4.32. The Morgan fingerprint density at radius 3 is 3.11 bits per heavy atom. The van der Waals surface area contributed by atoms with Crippen molar-refractivity contribution in [2.75, 3.05) is 6.54 Å². The van der Waals surface area contributed by atoms with Gasteiger partial charge in [-0.15, -0.1) is 0 Å². The Bertz CT molecular complexity index is 435. The van der Waals surface area contributed by atoms with Crippen LogP contribution in [-0.2, 0) is 11.3 Å². The van der Waals surface area contributed by atoms with Crippen molar-refractivity contribution in [2.45, 2.75) is 25.4 Å². The van der Waals surface area contributed by atoms with Crippen LogP contribution in [0.25, 0.3) is 0 Å². The molecule has 1 aliphatic heterocycles. The van der Waals surface area contributed by atoms with E-state index < -0.39 is 5.97 Å². The molecule has 0 saturated carbocycles. The first-order chi connectivity index (χ1) is 8.65. The van der Waals surface area contributed by atoms with Crippen molar-refractivity contribution in [3.8, 4) is 0 Å². The number of rotatable bonds is 5. The van der Waals surface area contributed by atoms with Crippen molar-refractivity contribution < 1.29 is 14.7 Å². The number of pyridine rings is 1. The first-order valence-corrected chi connectivity index (χ1v) is 5.81. The standard InChI is InChI=1S/C12H15N3O3/c16-11(17)4-3-10-8-15(12(18)14-10)7-9-2-1-5-13-6-9/h1-2,5-6,10H,3-4,7-8H2,(H,14,18)(H,16,17). The number of aromatic nitrogens is 1. The monoisotopic (exact) mass is 249 g/mol. The quantitative estimate of drug-likeness (QED) is 0.810. The van der Waals surface area contributed by atoms with Crippen molar-refractivity contribution in [2.24, 2.45) is 0 Å². The SMILES string of the molecule is O=C(O)CCC1CN(Cc2cccnc2)C(=O)N1. The maximum absolute atomic E-state index is 11.7. The van der Waals surface area contributed by atoms with E-state index in [1.54, 1.807) is 17.3 Å². The van der Waals surface area contributed by atoms with Crippen LogP contribution in [0.3, 0.4) is 0 Å². The Morgan fingerprint density at radius 1 is 1.61 bits per heavy atom. The highest BCUT2D eigenvalue weighted by molar-refractivity contribution is 5.77. The zero-order chi connectivity index (χ0) is 13.0. The Balaban J connectivity index is 1.87. The minimum atomic E-state index is -0.838. The summed E-state index contributed by atoms with van der Waals surface area (Å²) in [7, 11) is 0. The summed E-state index contributed by atoms with van der Waals surface area (Å²) >= 11 is 0. The number of carboxylic acid groups (broad SMARTS) is 1. The van der Waals surface area contributed by atoms with E-state index in [4.69, 9.17) is 5.11 Å². The summed E-state index contributed by atoms with van der Waals surface area (Å²) in [4.78, 5) is 27.8. The van der Waals surface area contributed by atoms with Crippen LogP contribution >= 0.6 is 0 Å². The van der Waals surface area contributed by atoms with Crippen LogP contribution in [0, 0.1) is 0 Å². The molecule has 18 heavy (non-hydrogen) atoms. The van der Waals surface area contributed by atoms with Crippen molar-refractivity contribution in [3.05, 3.63) is 30.1 Å². The Labute approximate surface area is 105 Å². The van der Waals surface area contributed by atoms with Crippen LogP contribution in [0.1, 0.15) is 18.4 Å². The molecule has 6 heteroatoms. The highest BCUT2D eigenvalue weighted by atomic mass is 16.4. The summed E-state index contributed by atoms with van der Waals surface area (Å²) < 4.78 is 0. The lowest BCUT2D eigenvalue weighted by molar-refractivity contribution is -0.137. The number of aliphatic carboxylic acids is 1. The van der Waals surface area contributed by atoms with Gasteiger partial charge in [0.1, 0.15) is 0 Å². The van der Waals surface area contributed by atoms with Gasteiger partial charge in [0.05, 0.1) is 0 Å². The minimum absolute atomic E-state index is 0.0751. The molecule has 0 bridgehead atoms. The molecule has 0 aromatic carbocycles. The average molecular weight is 249 g/mol. The van der Waals surface area contributed by atoms with Crippen LogP contribution in [0.4, 0.5) is 4.79 Å². The number of carboxylic acids is 1. The first kappa shape index (κ1) is 12.3. The van der Waals surface area contributed by atoms with Gasteiger partial charge in [0, 0.05) is 37.9 Å². The molecule has 96 valence electrons. The molecule has 1 fully saturated rings. The molecule has 6 nitrogen and oxygen atoms in total. The number of carbonyl (C=O) groups is 2. The van der Waals surface area contributed by atoms with E-state index in [1.807, 2.05) is 12.1 Å². The van der Waals surface area contributed by atoms with E-state index in [9.17, 15) is 9.59 Å². The van der Waals surface area contributed by atoms with E-state index >= 15 is 0 Å². The largest absolute Gasteiger partial charge is 0.481 e. The summed E-state index contributed by atoms with van der Waals surface area (Å²) in [5.74, 6) is -0.838. The molecule has 2 rings (SSSR count). The number of hydrogen-bond donors (Lipinski definition) is 2. The summed E-state index contributed by atoms with van der Waals surface area (Å²) in [6.07, 6.45) is 3.94. The van der Waals surface area contributed by atoms with Gasteiger partial charge in [-0.1, -0.05) is 6.07 Å². The predicted molar refractivity (Wildman–Crippen MR) is 63.8 cm³/mol. The molecule has 2 heterocycles. The molecule has 1 aromatic heterocycles. The fourth-order valence-corrected chi connectivity index (χ4v) is 1.97. The molecule has 0 aliphatic carbocycles. The highest BCUT2D eigenvalue weighted by Gasteiger charge is 2.28. The van der Waals surface area contributed by atoms with Crippen molar-refractivity contribution in [3.63, 3.8) is 0 Å². The molecular formula is C12H15N3O3. The smallest absolute Gasteiger partial charge is 0.318 e. The number of urea groups is 1. The van der Waals surface area contributed by atoms with E-state index in [-0.39, 0.29) is 18.5 Å². The molecule has 1 aliphatic rings. The van der Waals surface area contributed by atoms with Gasteiger partial charge in [0.25, 0.3) is 0 Å². The third-order valence-corrected chi connectivity index (χ3v) is 2.86. The first-order valence-electron chi connectivity index (χ1n) is 5.81. The summed E-state index contributed by atoms with van der Waals surface area (Å²) in [5.41, 5.74) is 0.964. The Hall–Kier alpha value is -2.11. The fourth-order valence-electron chi connectivity index (χ4n) is 1.97. The van der Waals surface area contributed by atoms with Crippen molar-refractivity contribution in [1.82, 2.24) is 15.2 Å². The molecule has 1 atom stereocenters. The summed E-state index contributed by atoms with van der Waals surface area (Å²) in [5, 5.41) is 11.4. The van der Waals surface area contributed by atoms with Crippen LogP contribution in [0.2, 0.25) is 0 Å². The van der Waals surface area contributed by atoms with Gasteiger partial charge in [-0.25, -0.2) is 4.79 Å². The van der Waals surface area contributed by atoms with Gasteiger partial charge in [-0.2, -0.15) is 0 Å². The van der Waals surface area contributed by atoms with E-state index in [0.29, 0.717) is 19.5 Å². The van der Waals surface area contributed by atoms with Crippen molar-refractivity contribution >= 4 is 12.0 Å². The van der Waals surface area contributed by atoms with E-state index in [1.165, 1.54) is 0 Å². The average Bonchev–Trinajstić information content (AvgIpc) is 2.69. The third-order valence-electron chi connectivity index (χ3n) is 2.86. The molecular weight excluding hydrogens is 234 g/mol. The molecule has 1 saturated heterocycles. The molecule has 1 aromatic rings. The zero-order valence-corrected chi connectivity index (χ0v) is 9.87. The maximum atomic E-state index is 11.7. The molecule has 0 spiro atoms.